The van der Waals surface area contributed by atoms with Crippen molar-refractivity contribution >= 4 is 21.8 Å². The van der Waals surface area contributed by atoms with Gasteiger partial charge in [0.25, 0.3) is 5.91 Å². The molecule has 2 aromatic rings. The van der Waals surface area contributed by atoms with E-state index < -0.39 is 29.9 Å². The highest BCUT2D eigenvalue weighted by atomic mass is 79.9. The molecule has 0 saturated heterocycles. The maximum atomic E-state index is 13.0. The van der Waals surface area contributed by atoms with Crippen molar-refractivity contribution in [2.75, 3.05) is 6.54 Å². The van der Waals surface area contributed by atoms with Crippen LogP contribution in [-0.2, 0) is 11.0 Å². The van der Waals surface area contributed by atoms with E-state index >= 15 is 0 Å². The third-order valence-corrected chi connectivity index (χ3v) is 4.47. The van der Waals surface area contributed by atoms with Gasteiger partial charge in [-0.1, -0.05) is 24.3 Å². The lowest BCUT2D eigenvalue weighted by molar-refractivity contribution is -0.139. The lowest BCUT2D eigenvalue weighted by Crippen LogP contribution is -2.38. The highest BCUT2D eigenvalue weighted by molar-refractivity contribution is 9.10. The average Bonchev–Trinajstić information content (AvgIpc) is 2.60. The summed E-state index contributed by atoms with van der Waals surface area (Å²) in [6, 6.07) is 10.1. The second-order valence-corrected chi connectivity index (χ2v) is 6.89. The standard InChI is InChI=1S/C19H19BrF3NO3/c1-11-7-8-17(15(20)9-11)27-12(2)18(26)24-10-16(25)13-5-3-4-6-14(13)19(21,22)23/h3-9,12,16,25H,10H2,1-2H3,(H,24,26). The largest absolute Gasteiger partial charge is 0.480 e. The van der Waals surface area contributed by atoms with Crippen molar-refractivity contribution in [3.63, 3.8) is 0 Å². The molecule has 146 valence electrons. The van der Waals surface area contributed by atoms with Gasteiger partial charge >= 0.3 is 6.18 Å². The molecule has 0 aliphatic rings. The number of hydrogen-bond donors (Lipinski definition) is 2. The van der Waals surface area contributed by atoms with Gasteiger partial charge in [-0.25, -0.2) is 0 Å². The van der Waals surface area contributed by atoms with E-state index in [4.69, 9.17) is 4.74 Å². The number of alkyl halides is 3. The molecular weight excluding hydrogens is 427 g/mol. The zero-order valence-corrected chi connectivity index (χ0v) is 16.3. The van der Waals surface area contributed by atoms with E-state index in [1.54, 1.807) is 6.07 Å². The van der Waals surface area contributed by atoms with E-state index in [1.807, 2.05) is 19.1 Å². The van der Waals surface area contributed by atoms with E-state index in [0.717, 1.165) is 11.6 Å². The fourth-order valence-corrected chi connectivity index (χ4v) is 3.03. The normalized spacial score (nSPS) is 13.7. The summed E-state index contributed by atoms with van der Waals surface area (Å²) in [5, 5.41) is 12.5. The summed E-state index contributed by atoms with van der Waals surface area (Å²) in [6.45, 7) is 3.05. The number of nitrogens with one attached hydrogen (secondary N) is 1. The Bertz CT molecular complexity index is 811. The predicted molar refractivity (Wildman–Crippen MR) is 98.4 cm³/mol. The van der Waals surface area contributed by atoms with Crippen LogP contribution in [0.5, 0.6) is 5.75 Å². The Morgan fingerprint density at radius 2 is 1.93 bits per heavy atom. The summed E-state index contributed by atoms with van der Waals surface area (Å²) < 4.78 is 45.3. The SMILES string of the molecule is Cc1ccc(OC(C)C(=O)NCC(O)c2ccccc2C(F)(F)F)c(Br)c1. The number of amides is 1. The predicted octanol–water partition coefficient (Wildman–Crippen LogP) is 4.39. The summed E-state index contributed by atoms with van der Waals surface area (Å²) in [5.74, 6) is -0.0859. The molecule has 0 aliphatic heterocycles. The maximum Gasteiger partial charge on any atom is 0.416 e. The molecule has 0 heterocycles. The van der Waals surface area contributed by atoms with Gasteiger partial charge in [0, 0.05) is 6.54 Å². The summed E-state index contributed by atoms with van der Waals surface area (Å²) in [4.78, 5) is 12.2. The van der Waals surface area contributed by atoms with Gasteiger partial charge in [0.2, 0.25) is 0 Å². The molecule has 0 aliphatic carbocycles. The van der Waals surface area contributed by atoms with Crippen LogP contribution in [0.3, 0.4) is 0 Å². The van der Waals surface area contributed by atoms with Crippen LogP contribution in [0.25, 0.3) is 0 Å². The number of aliphatic hydroxyl groups excluding tert-OH is 1. The Morgan fingerprint density at radius 1 is 1.26 bits per heavy atom. The van der Waals surface area contributed by atoms with E-state index in [0.29, 0.717) is 10.2 Å². The van der Waals surface area contributed by atoms with Crippen LogP contribution in [0.4, 0.5) is 13.2 Å². The van der Waals surface area contributed by atoms with E-state index in [1.165, 1.54) is 25.1 Å². The molecular formula is C19H19BrF3NO3. The van der Waals surface area contributed by atoms with Gasteiger partial charge in [-0.15, -0.1) is 0 Å². The summed E-state index contributed by atoms with van der Waals surface area (Å²) in [6.07, 6.45) is -6.98. The molecule has 1 amide bonds. The second-order valence-electron chi connectivity index (χ2n) is 6.04. The first-order valence-electron chi connectivity index (χ1n) is 8.14. The highest BCUT2D eigenvalue weighted by Crippen LogP contribution is 2.34. The molecule has 8 heteroatoms. The zero-order chi connectivity index (χ0) is 20.2. The number of ether oxygens (including phenoxy) is 1. The van der Waals surface area contributed by atoms with Crippen LogP contribution in [0.1, 0.15) is 29.7 Å². The van der Waals surface area contributed by atoms with Gasteiger partial charge in [0.15, 0.2) is 6.10 Å². The summed E-state index contributed by atoms with van der Waals surface area (Å²) >= 11 is 3.34. The van der Waals surface area contributed by atoms with Crippen LogP contribution in [0, 0.1) is 6.92 Å². The fraction of sp³-hybridized carbons (Fsp3) is 0.316. The van der Waals surface area contributed by atoms with Crippen LogP contribution >= 0.6 is 15.9 Å². The molecule has 0 saturated carbocycles. The van der Waals surface area contributed by atoms with Crippen LogP contribution in [-0.4, -0.2) is 23.7 Å². The minimum absolute atomic E-state index is 0.292. The summed E-state index contributed by atoms with van der Waals surface area (Å²) in [5.41, 5.74) is -0.211. The number of hydrogen-bond acceptors (Lipinski definition) is 3. The van der Waals surface area contributed by atoms with E-state index in [2.05, 4.69) is 21.2 Å². The number of carbonyl (C=O) groups is 1. The molecule has 27 heavy (non-hydrogen) atoms. The van der Waals surface area contributed by atoms with Crippen LogP contribution in [0.15, 0.2) is 46.9 Å². The first kappa shape index (κ1) is 21.2. The molecule has 0 bridgehead atoms. The molecule has 2 aromatic carbocycles. The quantitative estimate of drug-likeness (QED) is 0.692. The van der Waals surface area contributed by atoms with Crippen molar-refractivity contribution < 1.29 is 27.8 Å². The Morgan fingerprint density at radius 3 is 2.56 bits per heavy atom. The number of benzene rings is 2. The Hall–Kier alpha value is -2.06. The van der Waals surface area contributed by atoms with Gasteiger partial charge < -0.3 is 15.2 Å². The minimum Gasteiger partial charge on any atom is -0.480 e. The first-order chi connectivity index (χ1) is 12.6. The Labute approximate surface area is 163 Å². The molecule has 2 atom stereocenters. The lowest BCUT2D eigenvalue weighted by Gasteiger charge is -2.20. The average molecular weight is 446 g/mol. The number of aliphatic hydroxyl groups is 1. The van der Waals surface area contributed by atoms with Crippen molar-refractivity contribution in [3.8, 4) is 5.75 Å². The number of aryl methyl sites for hydroxylation is 1. The maximum absolute atomic E-state index is 13.0. The molecule has 0 radical (unpaired) electrons. The molecule has 2 unspecified atom stereocenters. The van der Waals surface area contributed by atoms with Crippen LogP contribution in [0.2, 0.25) is 0 Å². The number of rotatable bonds is 6. The van der Waals surface area contributed by atoms with E-state index in [9.17, 15) is 23.1 Å². The Balaban J connectivity index is 1.99. The third-order valence-electron chi connectivity index (χ3n) is 3.86. The smallest absolute Gasteiger partial charge is 0.416 e. The van der Waals surface area contributed by atoms with Crippen molar-refractivity contribution in [1.82, 2.24) is 5.32 Å². The topological polar surface area (TPSA) is 58.6 Å². The molecule has 2 rings (SSSR count). The Kier molecular flexibility index (Phi) is 6.89. The van der Waals surface area contributed by atoms with Gasteiger partial charge in [0.1, 0.15) is 5.75 Å². The van der Waals surface area contributed by atoms with Gasteiger partial charge in [0.05, 0.1) is 16.1 Å². The second kappa shape index (κ2) is 8.75. The van der Waals surface area contributed by atoms with Gasteiger partial charge in [-0.2, -0.15) is 13.2 Å². The highest BCUT2D eigenvalue weighted by Gasteiger charge is 2.34. The van der Waals surface area contributed by atoms with Crippen molar-refractivity contribution in [2.45, 2.75) is 32.2 Å². The van der Waals surface area contributed by atoms with Crippen molar-refractivity contribution in [1.29, 1.82) is 0 Å². The van der Waals surface area contributed by atoms with Crippen molar-refractivity contribution in [2.24, 2.45) is 0 Å². The monoisotopic (exact) mass is 445 g/mol. The number of halogens is 4. The molecule has 2 N–H and O–H groups in total. The minimum atomic E-state index is -4.59. The first-order valence-corrected chi connectivity index (χ1v) is 8.93. The molecule has 4 nitrogen and oxygen atoms in total. The number of carbonyl (C=O) groups excluding carboxylic acids is 1. The van der Waals surface area contributed by atoms with Crippen LogP contribution < -0.4 is 10.1 Å². The lowest BCUT2D eigenvalue weighted by atomic mass is 10.0. The fourth-order valence-electron chi connectivity index (χ4n) is 2.44. The third kappa shape index (κ3) is 5.71. The van der Waals surface area contributed by atoms with E-state index in [-0.39, 0.29) is 12.1 Å². The molecule has 0 spiro atoms. The van der Waals surface area contributed by atoms with Gasteiger partial charge in [-0.3, -0.25) is 4.79 Å². The van der Waals surface area contributed by atoms with Crippen molar-refractivity contribution in [3.05, 3.63) is 63.6 Å². The molecule has 0 aromatic heterocycles. The summed E-state index contributed by atoms with van der Waals surface area (Å²) in [7, 11) is 0. The molecule has 0 fully saturated rings. The van der Waals surface area contributed by atoms with Gasteiger partial charge in [-0.05, 0) is 59.1 Å². The zero-order valence-electron chi connectivity index (χ0n) is 14.7.